The Balaban J connectivity index is 1.35. The molecule has 4 aromatic rings. The van der Waals surface area contributed by atoms with Crippen molar-refractivity contribution in [1.29, 1.82) is 0 Å². The molecule has 2 aromatic heterocycles. The summed E-state index contributed by atoms with van der Waals surface area (Å²) in [4.78, 5) is 12.2. The normalized spacial score (nSPS) is 15.5. The molecule has 0 fully saturated rings. The molecule has 5 rings (SSSR count). The molecule has 6 nitrogen and oxygen atoms in total. The quantitative estimate of drug-likeness (QED) is 0.340. The van der Waals surface area contributed by atoms with Crippen molar-refractivity contribution in [3.05, 3.63) is 95.2 Å². The van der Waals surface area contributed by atoms with Crippen LogP contribution >= 0.6 is 11.6 Å². The Morgan fingerprint density at radius 1 is 1.18 bits per heavy atom. The van der Waals surface area contributed by atoms with Crippen molar-refractivity contribution in [2.75, 3.05) is 5.32 Å². The van der Waals surface area contributed by atoms with Gasteiger partial charge in [-0.15, -0.1) is 0 Å². The number of nitrogens with two attached hydrogens (primary N) is 1. The zero-order chi connectivity index (χ0) is 22.8. The number of nitrogens with zero attached hydrogens (tertiary/aromatic N) is 2. The largest absolute Gasteiger partial charge is 0.487 e. The molecule has 1 unspecified atom stereocenters. The number of aromatic nitrogens is 3. The number of allylic oxidation sites excluding steroid dienone is 2. The second kappa shape index (κ2) is 9.05. The molecular weight excluding hydrogens is 441 g/mol. The second-order valence-corrected chi connectivity index (χ2v) is 8.19. The average Bonchev–Trinajstić information content (AvgIpc) is 3.24. The van der Waals surface area contributed by atoms with Crippen molar-refractivity contribution in [3.8, 4) is 5.75 Å². The van der Waals surface area contributed by atoms with Crippen molar-refractivity contribution >= 4 is 39.7 Å². The van der Waals surface area contributed by atoms with Crippen LogP contribution < -0.4 is 15.8 Å². The molecule has 166 valence electrons. The Morgan fingerprint density at radius 2 is 2.09 bits per heavy atom. The first-order chi connectivity index (χ1) is 16.0. The molecule has 1 aliphatic rings. The monoisotopic (exact) mass is 461 g/mol. The highest BCUT2D eigenvalue weighted by Gasteiger charge is 2.13. The van der Waals surface area contributed by atoms with Gasteiger partial charge in [0.1, 0.15) is 30.0 Å². The van der Waals surface area contributed by atoms with Gasteiger partial charge in [0.05, 0.1) is 10.5 Å². The van der Waals surface area contributed by atoms with E-state index in [0.717, 1.165) is 40.0 Å². The minimum atomic E-state index is -0.302. The van der Waals surface area contributed by atoms with E-state index in [9.17, 15) is 4.39 Å². The molecule has 0 saturated carbocycles. The van der Waals surface area contributed by atoms with Crippen LogP contribution in [-0.4, -0.2) is 21.0 Å². The molecule has 0 spiro atoms. The number of halogens is 2. The van der Waals surface area contributed by atoms with E-state index in [1.54, 1.807) is 24.3 Å². The zero-order valence-corrected chi connectivity index (χ0v) is 18.3. The molecule has 1 aliphatic carbocycles. The second-order valence-electron chi connectivity index (χ2n) is 7.78. The van der Waals surface area contributed by atoms with Gasteiger partial charge in [0.15, 0.2) is 5.82 Å². The van der Waals surface area contributed by atoms with E-state index in [0.29, 0.717) is 16.6 Å². The number of ether oxygens (including phenoxy) is 1. The highest BCUT2D eigenvalue weighted by atomic mass is 35.5. The summed E-state index contributed by atoms with van der Waals surface area (Å²) in [6, 6.07) is 13.6. The summed E-state index contributed by atoms with van der Waals surface area (Å²) >= 11 is 6.42. The standard InChI is InChI=1S/C25H21ClFN5O/c26-20-11-19(7-8-23(20)33-13-15-3-1-5-17(27)9-15)31-25-24-22(29-14-30-25)12-21(32-24)16-4-2-6-18(28)10-16/h1-5,7-12,14,18,32H,6,13,28H2,(H,29,30,31). The van der Waals surface area contributed by atoms with Crippen LogP contribution in [0.4, 0.5) is 15.9 Å². The lowest BCUT2D eigenvalue weighted by Crippen LogP contribution is -2.17. The first-order valence-corrected chi connectivity index (χ1v) is 10.8. The number of fused-ring (bicyclic) bond motifs is 1. The summed E-state index contributed by atoms with van der Waals surface area (Å²) < 4.78 is 19.1. The predicted molar refractivity (Wildman–Crippen MR) is 129 cm³/mol. The smallest absolute Gasteiger partial charge is 0.158 e. The number of hydrogen-bond acceptors (Lipinski definition) is 5. The number of benzene rings is 2. The summed E-state index contributed by atoms with van der Waals surface area (Å²) in [6.45, 7) is 0.218. The minimum absolute atomic E-state index is 0.00359. The summed E-state index contributed by atoms with van der Waals surface area (Å²) in [6.07, 6.45) is 8.50. The van der Waals surface area contributed by atoms with Gasteiger partial charge in [0.2, 0.25) is 0 Å². The predicted octanol–water partition coefficient (Wildman–Crippen LogP) is 5.74. The van der Waals surface area contributed by atoms with Crippen LogP contribution in [0.2, 0.25) is 5.02 Å². The molecule has 0 saturated heterocycles. The molecule has 1 atom stereocenters. The van der Waals surface area contributed by atoms with Crippen LogP contribution in [0.1, 0.15) is 17.7 Å². The van der Waals surface area contributed by atoms with E-state index in [4.69, 9.17) is 22.1 Å². The molecule has 0 aliphatic heterocycles. The Bertz CT molecular complexity index is 1380. The molecule has 0 radical (unpaired) electrons. The molecular formula is C25H21ClFN5O. The van der Waals surface area contributed by atoms with Gasteiger partial charge in [-0.05, 0) is 54.0 Å². The Kier molecular flexibility index (Phi) is 5.81. The van der Waals surface area contributed by atoms with Gasteiger partial charge in [0.25, 0.3) is 0 Å². The van der Waals surface area contributed by atoms with Crippen molar-refractivity contribution in [2.24, 2.45) is 5.73 Å². The summed E-state index contributed by atoms with van der Waals surface area (Å²) in [5.41, 5.74) is 11.1. The van der Waals surface area contributed by atoms with E-state index in [1.165, 1.54) is 18.5 Å². The fourth-order valence-electron chi connectivity index (χ4n) is 3.70. The van der Waals surface area contributed by atoms with Crippen LogP contribution in [0.5, 0.6) is 5.75 Å². The lowest BCUT2D eigenvalue weighted by molar-refractivity contribution is 0.306. The molecule has 8 heteroatoms. The molecule has 2 aromatic carbocycles. The number of H-pyrrole nitrogens is 1. The molecule has 4 N–H and O–H groups in total. The first kappa shape index (κ1) is 21.2. The Hall–Kier alpha value is -3.68. The number of rotatable bonds is 6. The van der Waals surface area contributed by atoms with Gasteiger partial charge in [-0.3, -0.25) is 0 Å². The third-order valence-electron chi connectivity index (χ3n) is 5.31. The molecule has 0 bridgehead atoms. The van der Waals surface area contributed by atoms with Crippen LogP contribution in [0.25, 0.3) is 16.6 Å². The van der Waals surface area contributed by atoms with Crippen molar-refractivity contribution < 1.29 is 9.13 Å². The summed E-state index contributed by atoms with van der Waals surface area (Å²) in [7, 11) is 0. The molecule has 33 heavy (non-hydrogen) atoms. The van der Waals surface area contributed by atoms with E-state index >= 15 is 0 Å². The van der Waals surface area contributed by atoms with Crippen LogP contribution in [0, 0.1) is 5.82 Å². The van der Waals surface area contributed by atoms with Gasteiger partial charge < -0.3 is 20.8 Å². The third-order valence-corrected chi connectivity index (χ3v) is 5.60. The third kappa shape index (κ3) is 4.74. The first-order valence-electron chi connectivity index (χ1n) is 10.5. The SMILES string of the molecule is NC1C=C(c2cc3ncnc(Nc4ccc(OCc5cccc(F)c5)c(Cl)c4)c3[nH]2)C=CC1. The van der Waals surface area contributed by atoms with Gasteiger partial charge in [-0.1, -0.05) is 42.0 Å². The van der Waals surface area contributed by atoms with E-state index < -0.39 is 0 Å². The summed E-state index contributed by atoms with van der Waals surface area (Å²) in [5, 5.41) is 3.72. The van der Waals surface area contributed by atoms with Gasteiger partial charge in [-0.25, -0.2) is 14.4 Å². The van der Waals surface area contributed by atoms with Crippen molar-refractivity contribution in [3.63, 3.8) is 0 Å². The van der Waals surface area contributed by atoms with Crippen LogP contribution in [-0.2, 0) is 6.61 Å². The zero-order valence-electron chi connectivity index (χ0n) is 17.6. The van der Waals surface area contributed by atoms with Crippen LogP contribution in [0.15, 0.2) is 73.1 Å². The van der Waals surface area contributed by atoms with Crippen molar-refractivity contribution in [1.82, 2.24) is 15.0 Å². The average molecular weight is 462 g/mol. The maximum Gasteiger partial charge on any atom is 0.158 e. The highest BCUT2D eigenvalue weighted by molar-refractivity contribution is 6.32. The topological polar surface area (TPSA) is 88.8 Å². The van der Waals surface area contributed by atoms with E-state index in [1.807, 2.05) is 18.2 Å². The number of aromatic amines is 1. The maximum absolute atomic E-state index is 13.4. The Morgan fingerprint density at radius 3 is 2.91 bits per heavy atom. The number of hydrogen-bond donors (Lipinski definition) is 3. The number of anilines is 2. The van der Waals surface area contributed by atoms with Gasteiger partial charge in [0, 0.05) is 17.4 Å². The van der Waals surface area contributed by atoms with Gasteiger partial charge >= 0.3 is 0 Å². The lowest BCUT2D eigenvalue weighted by atomic mass is 10.0. The molecule has 2 heterocycles. The lowest BCUT2D eigenvalue weighted by Gasteiger charge is -2.11. The fourth-order valence-corrected chi connectivity index (χ4v) is 3.93. The highest BCUT2D eigenvalue weighted by Crippen LogP contribution is 2.32. The fraction of sp³-hybridized carbons (Fsp3) is 0.120. The number of nitrogens with one attached hydrogen (secondary N) is 2. The minimum Gasteiger partial charge on any atom is -0.487 e. The summed E-state index contributed by atoms with van der Waals surface area (Å²) in [5.74, 6) is 0.832. The van der Waals surface area contributed by atoms with Crippen molar-refractivity contribution in [2.45, 2.75) is 19.1 Å². The van der Waals surface area contributed by atoms with Gasteiger partial charge in [-0.2, -0.15) is 0 Å². The molecule has 0 amide bonds. The van der Waals surface area contributed by atoms with E-state index in [-0.39, 0.29) is 18.5 Å². The van der Waals surface area contributed by atoms with E-state index in [2.05, 4.69) is 32.4 Å². The maximum atomic E-state index is 13.4. The Labute approximate surface area is 195 Å². The van der Waals surface area contributed by atoms with Crippen LogP contribution in [0.3, 0.4) is 0 Å².